The fourth-order valence-corrected chi connectivity index (χ4v) is 1.81. The Labute approximate surface area is 128 Å². The number of oxime groups is 1. The number of hydrogen-bond donors (Lipinski definition) is 1. The van der Waals surface area contributed by atoms with Crippen molar-refractivity contribution in [2.45, 2.75) is 13.0 Å². The van der Waals surface area contributed by atoms with Gasteiger partial charge in [-0.25, -0.2) is 9.18 Å². The largest absolute Gasteiger partial charge is 0.380 e. The van der Waals surface area contributed by atoms with Gasteiger partial charge in [0.15, 0.2) is 5.84 Å². The minimum atomic E-state index is -0.535. The summed E-state index contributed by atoms with van der Waals surface area (Å²) >= 11 is 3.26. The summed E-state index contributed by atoms with van der Waals surface area (Å²) in [4.78, 5) is 16.2. The molecule has 0 aliphatic heterocycles. The van der Waals surface area contributed by atoms with Crippen molar-refractivity contribution in [2.75, 3.05) is 0 Å². The van der Waals surface area contributed by atoms with E-state index in [9.17, 15) is 9.18 Å². The molecule has 0 radical (unpaired) electrons. The summed E-state index contributed by atoms with van der Waals surface area (Å²) in [5, 5.41) is 7.53. The summed E-state index contributed by atoms with van der Waals surface area (Å²) in [5.74, 6) is -0.911. The number of aromatic nitrogens is 2. The van der Waals surface area contributed by atoms with Crippen LogP contribution in [0.1, 0.15) is 12.0 Å². The first-order valence-electron chi connectivity index (χ1n) is 6.02. The Kier molecular flexibility index (Phi) is 5.04. The molecule has 0 spiro atoms. The van der Waals surface area contributed by atoms with Crippen molar-refractivity contribution in [3.63, 3.8) is 0 Å². The quantitative estimate of drug-likeness (QED) is 0.385. The Morgan fingerprint density at radius 2 is 2.14 bits per heavy atom. The van der Waals surface area contributed by atoms with E-state index >= 15 is 0 Å². The van der Waals surface area contributed by atoms with Crippen molar-refractivity contribution >= 4 is 27.7 Å². The van der Waals surface area contributed by atoms with Gasteiger partial charge in [0, 0.05) is 11.8 Å². The van der Waals surface area contributed by atoms with Crippen molar-refractivity contribution in [1.29, 1.82) is 0 Å². The molecule has 8 heteroatoms. The lowest BCUT2D eigenvalue weighted by Gasteiger charge is -2.02. The monoisotopic (exact) mass is 354 g/mol. The van der Waals surface area contributed by atoms with Crippen LogP contribution in [0.15, 0.2) is 46.3 Å². The molecule has 21 heavy (non-hydrogen) atoms. The molecule has 0 atom stereocenters. The number of benzene rings is 1. The number of halogens is 2. The van der Waals surface area contributed by atoms with Crippen molar-refractivity contribution < 1.29 is 14.0 Å². The standard InChI is InChI=1S/C13H12BrFN4O2/c14-10-7-17-19(8-10)6-5-12(20)21-18-13(16)9-1-3-11(15)4-2-9/h1-4,7-8H,5-6H2,(H2,16,18). The molecule has 0 fully saturated rings. The minimum absolute atomic E-state index is 0.00480. The van der Waals surface area contributed by atoms with Crippen LogP contribution in [0.25, 0.3) is 0 Å². The van der Waals surface area contributed by atoms with Gasteiger partial charge >= 0.3 is 5.97 Å². The van der Waals surface area contributed by atoms with Gasteiger partial charge < -0.3 is 10.6 Å². The molecule has 1 aromatic carbocycles. The molecule has 110 valence electrons. The lowest BCUT2D eigenvalue weighted by atomic mass is 10.2. The third-order valence-electron chi connectivity index (χ3n) is 2.53. The molecule has 0 aliphatic rings. The van der Waals surface area contributed by atoms with Crippen LogP contribution in [0.4, 0.5) is 4.39 Å². The number of carbonyl (C=O) groups is 1. The Hall–Kier alpha value is -2.22. The lowest BCUT2D eigenvalue weighted by molar-refractivity contribution is -0.143. The molecule has 2 N–H and O–H groups in total. The van der Waals surface area contributed by atoms with Gasteiger partial charge in [0.1, 0.15) is 5.82 Å². The summed E-state index contributed by atoms with van der Waals surface area (Å²) in [6.45, 7) is 0.371. The molecule has 2 aromatic rings. The highest BCUT2D eigenvalue weighted by Crippen LogP contribution is 2.07. The van der Waals surface area contributed by atoms with Crippen LogP contribution in [0.5, 0.6) is 0 Å². The van der Waals surface area contributed by atoms with Gasteiger partial charge in [-0.2, -0.15) is 5.10 Å². The molecule has 0 aliphatic carbocycles. The van der Waals surface area contributed by atoms with Crippen LogP contribution in [0.2, 0.25) is 0 Å². The van der Waals surface area contributed by atoms with E-state index in [0.717, 1.165) is 4.47 Å². The van der Waals surface area contributed by atoms with Crippen LogP contribution >= 0.6 is 15.9 Å². The predicted molar refractivity (Wildman–Crippen MR) is 77.8 cm³/mol. The van der Waals surface area contributed by atoms with Crippen LogP contribution < -0.4 is 5.73 Å². The van der Waals surface area contributed by atoms with Gasteiger partial charge in [0.2, 0.25) is 0 Å². The summed E-state index contributed by atoms with van der Waals surface area (Å²) < 4.78 is 15.2. The van der Waals surface area contributed by atoms with Gasteiger partial charge in [-0.1, -0.05) is 5.16 Å². The number of nitrogens with two attached hydrogens (primary N) is 1. The molecule has 0 unspecified atom stereocenters. The molecular formula is C13H12BrFN4O2. The fourth-order valence-electron chi connectivity index (χ4n) is 1.49. The van der Waals surface area contributed by atoms with Gasteiger partial charge in [0.05, 0.1) is 23.6 Å². The maximum Gasteiger partial charge on any atom is 0.336 e. The summed E-state index contributed by atoms with van der Waals surface area (Å²) in [5.41, 5.74) is 6.10. The van der Waals surface area contributed by atoms with Crippen LogP contribution in [-0.4, -0.2) is 21.6 Å². The number of amidine groups is 1. The maximum atomic E-state index is 12.7. The summed E-state index contributed by atoms with van der Waals surface area (Å²) in [7, 11) is 0. The van der Waals surface area contributed by atoms with Crippen molar-refractivity contribution in [1.82, 2.24) is 9.78 Å². The van der Waals surface area contributed by atoms with Crippen molar-refractivity contribution in [3.8, 4) is 0 Å². The maximum absolute atomic E-state index is 12.7. The van der Waals surface area contributed by atoms with Crippen LogP contribution in [-0.2, 0) is 16.2 Å². The smallest absolute Gasteiger partial charge is 0.336 e. The molecule has 0 saturated heterocycles. The second kappa shape index (κ2) is 6.98. The van der Waals surface area contributed by atoms with E-state index in [1.54, 1.807) is 17.1 Å². The van der Waals surface area contributed by atoms with Gasteiger partial charge in [0.25, 0.3) is 0 Å². The summed E-state index contributed by atoms with van der Waals surface area (Å²) in [6, 6.07) is 5.39. The van der Waals surface area contributed by atoms with Crippen molar-refractivity contribution in [3.05, 3.63) is 52.5 Å². The van der Waals surface area contributed by atoms with E-state index in [4.69, 9.17) is 10.6 Å². The van der Waals surface area contributed by atoms with E-state index < -0.39 is 5.97 Å². The zero-order valence-corrected chi connectivity index (χ0v) is 12.5. The minimum Gasteiger partial charge on any atom is -0.380 e. The van der Waals surface area contributed by atoms with Crippen LogP contribution in [0, 0.1) is 5.82 Å². The number of rotatable bonds is 5. The first-order chi connectivity index (χ1) is 10.0. The normalized spacial score (nSPS) is 11.4. The molecule has 1 heterocycles. The van der Waals surface area contributed by atoms with Gasteiger partial charge in [-0.05, 0) is 40.2 Å². The lowest BCUT2D eigenvalue weighted by Crippen LogP contribution is -2.15. The Bertz CT molecular complexity index is 654. The average Bonchev–Trinajstić information content (AvgIpc) is 2.89. The molecule has 6 nitrogen and oxygen atoms in total. The van der Waals surface area contributed by atoms with E-state index in [2.05, 4.69) is 26.2 Å². The molecule has 0 saturated carbocycles. The predicted octanol–water partition coefficient (Wildman–Crippen LogP) is 2.04. The van der Waals surface area contributed by atoms with E-state index in [1.165, 1.54) is 24.3 Å². The van der Waals surface area contributed by atoms with E-state index in [-0.39, 0.29) is 18.1 Å². The highest BCUT2D eigenvalue weighted by atomic mass is 79.9. The molecule has 2 rings (SSSR count). The zero-order chi connectivity index (χ0) is 15.2. The zero-order valence-electron chi connectivity index (χ0n) is 10.9. The number of hydrogen-bond acceptors (Lipinski definition) is 4. The van der Waals surface area contributed by atoms with Gasteiger partial charge in [-0.3, -0.25) is 4.68 Å². The second-order valence-electron chi connectivity index (χ2n) is 4.12. The summed E-state index contributed by atoms with van der Waals surface area (Å²) in [6.07, 6.45) is 3.47. The third-order valence-corrected chi connectivity index (χ3v) is 2.94. The molecular weight excluding hydrogens is 343 g/mol. The first kappa shape index (κ1) is 15.2. The number of nitrogens with zero attached hydrogens (tertiary/aromatic N) is 3. The molecule has 0 amide bonds. The Morgan fingerprint density at radius 3 is 2.76 bits per heavy atom. The third kappa shape index (κ3) is 4.67. The average molecular weight is 355 g/mol. The Morgan fingerprint density at radius 1 is 1.43 bits per heavy atom. The highest BCUT2D eigenvalue weighted by molar-refractivity contribution is 9.10. The van der Waals surface area contributed by atoms with Crippen molar-refractivity contribution in [2.24, 2.45) is 10.9 Å². The first-order valence-corrected chi connectivity index (χ1v) is 6.81. The second-order valence-corrected chi connectivity index (χ2v) is 5.03. The molecule has 0 bridgehead atoms. The van der Waals surface area contributed by atoms with Gasteiger partial charge in [-0.15, -0.1) is 0 Å². The fraction of sp³-hybridized carbons (Fsp3) is 0.154. The molecule has 1 aromatic heterocycles. The van der Waals surface area contributed by atoms with Crippen LogP contribution in [0.3, 0.4) is 0 Å². The van der Waals surface area contributed by atoms with E-state index in [0.29, 0.717) is 12.1 Å². The van der Waals surface area contributed by atoms with E-state index in [1.807, 2.05) is 0 Å². The number of carbonyl (C=O) groups excluding carboxylic acids is 1. The SMILES string of the molecule is N/C(=N\OC(=O)CCn1cc(Br)cn1)c1ccc(F)cc1. The topological polar surface area (TPSA) is 82.5 Å². The Balaban J connectivity index is 1.84. The number of aryl methyl sites for hydroxylation is 1. The highest BCUT2D eigenvalue weighted by Gasteiger charge is 2.06.